The van der Waals surface area contributed by atoms with Crippen LogP contribution in [0.3, 0.4) is 0 Å². The Labute approximate surface area is 101 Å². The fourth-order valence-corrected chi connectivity index (χ4v) is 1.32. The van der Waals surface area contributed by atoms with Crippen LogP contribution >= 0.6 is 0 Å². The van der Waals surface area contributed by atoms with Crippen LogP contribution in [0, 0.1) is 0 Å². The lowest BCUT2D eigenvalue weighted by atomic mass is 10.0. The number of fused-ring (bicyclic) bond motifs is 1. The van der Waals surface area contributed by atoms with E-state index in [0.29, 0.717) is 6.42 Å². The third-order valence-corrected chi connectivity index (χ3v) is 1.91. The van der Waals surface area contributed by atoms with Crippen LogP contribution in [-0.4, -0.2) is 5.91 Å². The minimum Gasteiger partial charge on any atom is -0.326 e. The molecule has 1 aromatic rings. The molecule has 2 nitrogen and oxygen atoms in total. The Hall–Kier alpha value is -1.31. The van der Waals surface area contributed by atoms with Crippen molar-refractivity contribution >= 4 is 11.6 Å². The lowest BCUT2D eigenvalue weighted by Crippen LogP contribution is -2.18. The van der Waals surface area contributed by atoms with Crippen molar-refractivity contribution in [3.05, 3.63) is 29.8 Å². The van der Waals surface area contributed by atoms with Crippen molar-refractivity contribution in [2.45, 2.75) is 47.0 Å². The topological polar surface area (TPSA) is 29.1 Å². The molecule has 0 aliphatic carbocycles. The molecule has 1 aromatic carbocycles. The Morgan fingerprint density at radius 2 is 1.75 bits per heavy atom. The first-order chi connectivity index (χ1) is 7.77. The van der Waals surface area contributed by atoms with Gasteiger partial charge < -0.3 is 5.32 Å². The molecule has 1 amide bonds. The predicted octanol–water partition coefficient (Wildman–Crippen LogP) is 4.26. The monoisotopic (exact) mass is 223 g/mol. The van der Waals surface area contributed by atoms with Gasteiger partial charge in [-0.3, -0.25) is 4.79 Å². The Morgan fingerprint density at radius 1 is 1.19 bits per heavy atom. The largest absolute Gasteiger partial charge is 0.326 e. The van der Waals surface area contributed by atoms with E-state index in [1.807, 2.05) is 32.0 Å². The number of para-hydroxylation sites is 1. The number of hydrogen-bond acceptors (Lipinski definition) is 1. The van der Waals surface area contributed by atoms with Crippen molar-refractivity contribution in [2.24, 2.45) is 0 Å². The summed E-state index contributed by atoms with van der Waals surface area (Å²) < 4.78 is 0. The van der Waals surface area contributed by atoms with Crippen LogP contribution in [0.1, 0.15) is 47.5 Å². The van der Waals surface area contributed by atoms with Crippen molar-refractivity contribution in [3.63, 3.8) is 0 Å². The van der Waals surface area contributed by atoms with Crippen LogP contribution in [0.15, 0.2) is 24.3 Å². The molecule has 0 spiro atoms. The second-order valence-corrected chi connectivity index (χ2v) is 3.41. The van der Waals surface area contributed by atoms with Crippen molar-refractivity contribution in [3.8, 4) is 0 Å². The first-order valence-electron chi connectivity index (χ1n) is 6.15. The third kappa shape index (κ3) is 4.96. The second kappa shape index (κ2) is 8.96. The highest BCUT2D eigenvalue weighted by Gasteiger charge is 2.12. The van der Waals surface area contributed by atoms with Crippen molar-refractivity contribution in [1.29, 1.82) is 0 Å². The molecule has 92 valence electrons. The van der Waals surface area contributed by atoms with Gasteiger partial charge in [-0.25, -0.2) is 0 Å². The quantitative estimate of drug-likeness (QED) is 0.699. The highest BCUT2D eigenvalue weighted by atomic mass is 16.1. The molecule has 0 fully saturated rings. The maximum atomic E-state index is 10.9. The molecule has 0 saturated heterocycles. The normalized spacial score (nSPS) is 12.1. The van der Waals surface area contributed by atoms with Crippen molar-refractivity contribution in [2.75, 3.05) is 5.32 Å². The van der Waals surface area contributed by atoms with E-state index in [1.54, 1.807) is 0 Å². The number of benzene rings is 1. The van der Waals surface area contributed by atoms with Gasteiger partial charge in [-0.2, -0.15) is 0 Å². The number of hydrogen-bond donors (Lipinski definition) is 1. The van der Waals surface area contributed by atoms with Gasteiger partial charge in [0.25, 0.3) is 0 Å². The van der Waals surface area contributed by atoms with Crippen LogP contribution in [-0.2, 0) is 11.2 Å². The Morgan fingerprint density at radius 3 is 2.38 bits per heavy atom. The lowest BCUT2D eigenvalue weighted by molar-refractivity contribution is -0.116. The zero-order valence-corrected chi connectivity index (χ0v) is 10.8. The van der Waals surface area contributed by atoms with Gasteiger partial charge in [-0.15, -0.1) is 0 Å². The SMILES string of the molecule is CC.CCC.O=C1CCc2ccccc2N1.[HH]. The Kier molecular flexibility index (Phi) is 8.22. The first-order valence-corrected chi connectivity index (χ1v) is 6.15. The zero-order valence-electron chi connectivity index (χ0n) is 10.8. The van der Waals surface area contributed by atoms with E-state index in [0.717, 1.165) is 12.1 Å². The van der Waals surface area contributed by atoms with Gasteiger partial charge in [0.2, 0.25) is 5.91 Å². The summed E-state index contributed by atoms with van der Waals surface area (Å²) in [5.41, 5.74) is 2.22. The number of nitrogens with one attached hydrogen (secondary N) is 1. The molecular formula is C14H25NO. The predicted molar refractivity (Wildman–Crippen MR) is 72.8 cm³/mol. The summed E-state index contributed by atoms with van der Waals surface area (Å²) in [5, 5.41) is 2.82. The number of aryl methyl sites for hydroxylation is 1. The molecule has 0 radical (unpaired) electrons. The number of anilines is 1. The van der Waals surface area contributed by atoms with Crippen molar-refractivity contribution in [1.82, 2.24) is 0 Å². The average Bonchev–Trinajstić information content (AvgIpc) is 2.32. The number of carbonyl (C=O) groups is 1. The molecule has 2 rings (SSSR count). The standard InChI is InChI=1S/C9H9NO.C3H8.C2H6.H2/c11-9-6-5-7-3-1-2-4-8(7)10-9;1-3-2;1-2;/h1-4H,5-6H2,(H,10,11);3H2,1-2H3;1-2H3;1H. The second-order valence-electron chi connectivity index (χ2n) is 3.41. The van der Waals surface area contributed by atoms with Crippen LogP contribution < -0.4 is 5.32 Å². The fraction of sp³-hybridized carbons (Fsp3) is 0.500. The average molecular weight is 223 g/mol. The van der Waals surface area contributed by atoms with Crippen LogP contribution in [0.25, 0.3) is 0 Å². The van der Waals surface area contributed by atoms with Gasteiger partial charge in [0, 0.05) is 13.5 Å². The molecule has 0 saturated carbocycles. The Balaban J connectivity index is 0. The minimum atomic E-state index is 0. The molecule has 1 N–H and O–H groups in total. The van der Waals surface area contributed by atoms with Crippen LogP contribution in [0.2, 0.25) is 0 Å². The summed E-state index contributed by atoms with van der Waals surface area (Å²) in [6, 6.07) is 7.92. The zero-order chi connectivity index (χ0) is 12.4. The van der Waals surface area contributed by atoms with E-state index in [1.165, 1.54) is 12.0 Å². The summed E-state index contributed by atoms with van der Waals surface area (Å²) in [6.45, 7) is 8.25. The Bertz CT molecular complexity index is 313. The molecule has 0 atom stereocenters. The maximum absolute atomic E-state index is 10.9. The summed E-state index contributed by atoms with van der Waals surface area (Å²) >= 11 is 0. The number of rotatable bonds is 0. The molecule has 0 aromatic heterocycles. The van der Waals surface area contributed by atoms with Gasteiger partial charge >= 0.3 is 0 Å². The van der Waals surface area contributed by atoms with Crippen molar-refractivity contribution < 1.29 is 6.22 Å². The fourth-order valence-electron chi connectivity index (χ4n) is 1.32. The van der Waals surface area contributed by atoms with E-state index < -0.39 is 0 Å². The van der Waals surface area contributed by atoms with E-state index >= 15 is 0 Å². The molecule has 16 heavy (non-hydrogen) atoms. The van der Waals surface area contributed by atoms with Gasteiger partial charge in [0.1, 0.15) is 0 Å². The number of amides is 1. The third-order valence-electron chi connectivity index (χ3n) is 1.91. The molecule has 0 unspecified atom stereocenters. The highest BCUT2D eigenvalue weighted by Crippen LogP contribution is 2.20. The summed E-state index contributed by atoms with van der Waals surface area (Å²) in [5.74, 6) is 0.128. The molecule has 1 aliphatic heterocycles. The van der Waals surface area contributed by atoms with E-state index in [-0.39, 0.29) is 7.33 Å². The van der Waals surface area contributed by atoms with Gasteiger partial charge in [0.05, 0.1) is 0 Å². The minimum absolute atomic E-state index is 0. The summed E-state index contributed by atoms with van der Waals surface area (Å²) in [4.78, 5) is 10.9. The molecule has 1 heterocycles. The summed E-state index contributed by atoms with van der Waals surface area (Å²) in [6.07, 6.45) is 2.75. The van der Waals surface area contributed by atoms with Crippen LogP contribution in [0.5, 0.6) is 0 Å². The van der Waals surface area contributed by atoms with Gasteiger partial charge in [0.15, 0.2) is 0 Å². The molecule has 1 aliphatic rings. The summed E-state index contributed by atoms with van der Waals surface area (Å²) in [7, 11) is 0. The van der Waals surface area contributed by atoms with Gasteiger partial charge in [-0.1, -0.05) is 52.3 Å². The van der Waals surface area contributed by atoms with Crippen LogP contribution in [0.4, 0.5) is 5.69 Å². The lowest BCUT2D eigenvalue weighted by Gasteiger charge is -2.15. The maximum Gasteiger partial charge on any atom is 0.224 e. The van der Waals surface area contributed by atoms with Gasteiger partial charge in [-0.05, 0) is 18.1 Å². The van der Waals surface area contributed by atoms with E-state index in [9.17, 15) is 4.79 Å². The molecule has 0 bridgehead atoms. The smallest absolute Gasteiger partial charge is 0.224 e. The van der Waals surface area contributed by atoms with E-state index in [2.05, 4.69) is 25.2 Å². The number of carbonyl (C=O) groups excluding carboxylic acids is 1. The van der Waals surface area contributed by atoms with E-state index in [4.69, 9.17) is 0 Å². The highest BCUT2D eigenvalue weighted by molar-refractivity contribution is 5.93. The molecular weight excluding hydrogens is 198 g/mol. The first kappa shape index (κ1) is 14.7. The molecule has 2 heteroatoms.